The number of H-pyrrole nitrogens is 1. The Hall–Kier alpha value is -1.68. The number of rotatable bonds is 3. The molecule has 0 unspecified atom stereocenters. The molecule has 0 aliphatic rings. The van der Waals surface area contributed by atoms with Crippen molar-refractivity contribution in [2.45, 2.75) is 13.0 Å². The van der Waals surface area contributed by atoms with Crippen LogP contribution in [0.2, 0.25) is 0 Å². The maximum absolute atomic E-state index is 12.6. The van der Waals surface area contributed by atoms with Crippen molar-refractivity contribution in [1.29, 1.82) is 0 Å². The minimum Gasteiger partial charge on any atom is -0.325 e. The summed E-state index contributed by atoms with van der Waals surface area (Å²) in [5.74, 6) is -0.217. The average molecular weight is 205 g/mol. The van der Waals surface area contributed by atoms with Crippen molar-refractivity contribution in [2.75, 3.05) is 0 Å². The van der Waals surface area contributed by atoms with Gasteiger partial charge in [-0.1, -0.05) is 12.1 Å². The molecule has 0 aliphatic carbocycles. The van der Waals surface area contributed by atoms with Crippen LogP contribution in [0.3, 0.4) is 0 Å². The van der Waals surface area contributed by atoms with Crippen molar-refractivity contribution in [3.05, 3.63) is 53.1 Å². The van der Waals surface area contributed by atoms with Crippen LogP contribution in [0.5, 0.6) is 0 Å². The normalized spacial score (nSPS) is 10.5. The molecule has 3 nitrogen and oxygen atoms in total. The summed E-state index contributed by atoms with van der Waals surface area (Å²) in [6, 6.07) is 8.35. The molecule has 0 saturated heterocycles. The van der Waals surface area contributed by atoms with E-state index in [0.717, 1.165) is 17.0 Å². The van der Waals surface area contributed by atoms with Gasteiger partial charge in [-0.05, 0) is 23.8 Å². The van der Waals surface area contributed by atoms with Crippen LogP contribution >= 0.6 is 0 Å². The van der Waals surface area contributed by atoms with E-state index >= 15 is 0 Å². The molecule has 1 heterocycles. The monoisotopic (exact) mass is 205 g/mol. The van der Waals surface area contributed by atoms with Gasteiger partial charge in [-0.3, -0.25) is 5.10 Å². The van der Waals surface area contributed by atoms with E-state index < -0.39 is 0 Å². The lowest BCUT2D eigenvalue weighted by Gasteiger charge is -1.97. The standard InChI is InChI=1S/C11H12FN3/c12-9-3-1-8(2-4-9)5-10-6-11(7-13)15-14-10/h1-4,6H,5,7,13H2,(H,14,15). The number of benzene rings is 1. The van der Waals surface area contributed by atoms with Gasteiger partial charge in [0.2, 0.25) is 0 Å². The number of halogens is 1. The molecule has 2 aromatic rings. The molecule has 1 aromatic carbocycles. The first-order valence-electron chi connectivity index (χ1n) is 4.75. The molecule has 0 bridgehead atoms. The van der Waals surface area contributed by atoms with Crippen molar-refractivity contribution in [2.24, 2.45) is 5.73 Å². The van der Waals surface area contributed by atoms with E-state index in [2.05, 4.69) is 10.2 Å². The zero-order chi connectivity index (χ0) is 10.7. The van der Waals surface area contributed by atoms with Gasteiger partial charge in [0.1, 0.15) is 5.82 Å². The predicted molar refractivity (Wildman–Crippen MR) is 55.7 cm³/mol. The van der Waals surface area contributed by atoms with Crippen LogP contribution in [0.15, 0.2) is 30.3 Å². The molecule has 0 spiro atoms. The minimum atomic E-state index is -0.217. The maximum atomic E-state index is 12.6. The number of nitrogens with zero attached hydrogens (tertiary/aromatic N) is 1. The van der Waals surface area contributed by atoms with Crippen molar-refractivity contribution in [1.82, 2.24) is 10.2 Å². The van der Waals surface area contributed by atoms with Crippen molar-refractivity contribution < 1.29 is 4.39 Å². The molecular weight excluding hydrogens is 193 g/mol. The second kappa shape index (κ2) is 4.23. The Kier molecular flexibility index (Phi) is 2.78. The third-order valence-corrected chi connectivity index (χ3v) is 2.20. The molecule has 0 atom stereocenters. The molecular formula is C11H12FN3. The SMILES string of the molecule is NCc1cc(Cc2ccc(F)cc2)[nH]n1. The zero-order valence-corrected chi connectivity index (χ0v) is 8.20. The molecule has 0 saturated carbocycles. The summed E-state index contributed by atoms with van der Waals surface area (Å²) >= 11 is 0. The summed E-state index contributed by atoms with van der Waals surface area (Å²) < 4.78 is 12.6. The van der Waals surface area contributed by atoms with Gasteiger partial charge < -0.3 is 5.73 Å². The molecule has 15 heavy (non-hydrogen) atoms. The van der Waals surface area contributed by atoms with Gasteiger partial charge in [-0.2, -0.15) is 5.10 Å². The van der Waals surface area contributed by atoms with E-state index in [9.17, 15) is 4.39 Å². The van der Waals surface area contributed by atoms with Crippen LogP contribution in [0, 0.1) is 5.82 Å². The van der Waals surface area contributed by atoms with Crippen molar-refractivity contribution in [3.63, 3.8) is 0 Å². The Morgan fingerprint density at radius 3 is 2.60 bits per heavy atom. The molecule has 0 amide bonds. The van der Waals surface area contributed by atoms with E-state index in [4.69, 9.17) is 5.73 Å². The zero-order valence-electron chi connectivity index (χ0n) is 8.20. The Bertz CT molecular complexity index is 433. The largest absolute Gasteiger partial charge is 0.325 e. The molecule has 0 fully saturated rings. The Morgan fingerprint density at radius 2 is 2.00 bits per heavy atom. The van der Waals surface area contributed by atoms with Crippen LogP contribution in [0.1, 0.15) is 17.0 Å². The predicted octanol–water partition coefficient (Wildman–Crippen LogP) is 1.60. The Labute approximate surface area is 87.1 Å². The van der Waals surface area contributed by atoms with E-state index in [1.807, 2.05) is 6.07 Å². The number of aromatic amines is 1. The summed E-state index contributed by atoms with van der Waals surface area (Å²) in [7, 11) is 0. The number of nitrogens with one attached hydrogen (secondary N) is 1. The quantitative estimate of drug-likeness (QED) is 0.799. The van der Waals surface area contributed by atoms with Crippen molar-refractivity contribution >= 4 is 0 Å². The smallest absolute Gasteiger partial charge is 0.123 e. The number of nitrogens with two attached hydrogens (primary N) is 1. The summed E-state index contributed by atoms with van der Waals surface area (Å²) in [5.41, 5.74) is 8.32. The highest BCUT2D eigenvalue weighted by Gasteiger charge is 2.01. The summed E-state index contributed by atoms with van der Waals surface area (Å²) in [5, 5.41) is 6.92. The first-order valence-corrected chi connectivity index (χ1v) is 4.75. The number of hydrogen-bond acceptors (Lipinski definition) is 2. The lowest BCUT2D eigenvalue weighted by molar-refractivity contribution is 0.627. The topological polar surface area (TPSA) is 54.7 Å². The number of aromatic nitrogens is 2. The molecule has 0 radical (unpaired) electrons. The van der Waals surface area contributed by atoms with Gasteiger partial charge in [0, 0.05) is 18.7 Å². The first kappa shape index (κ1) is 9.86. The molecule has 78 valence electrons. The molecule has 0 aliphatic heterocycles. The van der Waals surface area contributed by atoms with E-state index in [1.54, 1.807) is 12.1 Å². The van der Waals surface area contributed by atoms with Crippen LogP contribution in [-0.4, -0.2) is 10.2 Å². The fraction of sp³-hybridized carbons (Fsp3) is 0.182. The van der Waals surface area contributed by atoms with E-state index in [-0.39, 0.29) is 5.82 Å². The summed E-state index contributed by atoms with van der Waals surface area (Å²) in [4.78, 5) is 0. The fourth-order valence-corrected chi connectivity index (χ4v) is 1.43. The van der Waals surface area contributed by atoms with Gasteiger partial charge >= 0.3 is 0 Å². The van der Waals surface area contributed by atoms with Gasteiger partial charge in [-0.15, -0.1) is 0 Å². The van der Waals surface area contributed by atoms with Crippen LogP contribution in [0.4, 0.5) is 4.39 Å². The van der Waals surface area contributed by atoms with Gasteiger partial charge in [0.05, 0.1) is 5.69 Å². The lowest BCUT2D eigenvalue weighted by Crippen LogP contribution is -1.95. The summed E-state index contributed by atoms with van der Waals surface area (Å²) in [6.45, 7) is 0.430. The second-order valence-corrected chi connectivity index (χ2v) is 3.39. The average Bonchev–Trinajstić information content (AvgIpc) is 2.69. The lowest BCUT2D eigenvalue weighted by atomic mass is 10.1. The maximum Gasteiger partial charge on any atom is 0.123 e. The van der Waals surface area contributed by atoms with Crippen LogP contribution in [0.25, 0.3) is 0 Å². The van der Waals surface area contributed by atoms with Gasteiger partial charge in [0.15, 0.2) is 0 Å². The molecule has 4 heteroatoms. The molecule has 1 aromatic heterocycles. The van der Waals surface area contributed by atoms with Gasteiger partial charge in [-0.25, -0.2) is 4.39 Å². The minimum absolute atomic E-state index is 0.217. The highest BCUT2D eigenvalue weighted by molar-refractivity contribution is 5.22. The first-order chi connectivity index (χ1) is 7.28. The van der Waals surface area contributed by atoms with Crippen LogP contribution < -0.4 is 5.73 Å². The Balaban J connectivity index is 2.11. The highest BCUT2D eigenvalue weighted by atomic mass is 19.1. The third kappa shape index (κ3) is 2.41. The molecule has 3 N–H and O–H groups in total. The Morgan fingerprint density at radius 1 is 1.27 bits per heavy atom. The highest BCUT2D eigenvalue weighted by Crippen LogP contribution is 2.09. The number of hydrogen-bond donors (Lipinski definition) is 2. The summed E-state index contributed by atoms with van der Waals surface area (Å²) in [6.07, 6.45) is 0.716. The van der Waals surface area contributed by atoms with E-state index in [0.29, 0.717) is 13.0 Å². The second-order valence-electron chi connectivity index (χ2n) is 3.39. The van der Waals surface area contributed by atoms with Crippen molar-refractivity contribution in [3.8, 4) is 0 Å². The van der Waals surface area contributed by atoms with Crippen LogP contribution in [-0.2, 0) is 13.0 Å². The fourth-order valence-electron chi connectivity index (χ4n) is 1.43. The third-order valence-electron chi connectivity index (χ3n) is 2.20. The molecule has 2 rings (SSSR count). The van der Waals surface area contributed by atoms with E-state index in [1.165, 1.54) is 12.1 Å². The van der Waals surface area contributed by atoms with Gasteiger partial charge in [0.25, 0.3) is 0 Å².